The third-order valence-corrected chi connectivity index (χ3v) is 9.60. The number of fused-ring (bicyclic) bond motifs is 2. The Balaban J connectivity index is 1.34. The largest absolute Gasteiger partial charge is 0.480 e. The van der Waals surface area contributed by atoms with Gasteiger partial charge in [-0.05, 0) is 61.9 Å². The van der Waals surface area contributed by atoms with Gasteiger partial charge in [-0.25, -0.2) is 4.98 Å². The number of carbonyl (C=O) groups is 5. The van der Waals surface area contributed by atoms with Crippen LogP contribution in [0.3, 0.4) is 0 Å². The van der Waals surface area contributed by atoms with Crippen molar-refractivity contribution in [3.63, 3.8) is 0 Å². The smallest absolute Gasteiger partial charge is 0.260 e. The molecule has 4 aromatic rings. The minimum atomic E-state index is -1.10. The van der Waals surface area contributed by atoms with Gasteiger partial charge in [-0.3, -0.25) is 24.0 Å². The summed E-state index contributed by atoms with van der Waals surface area (Å²) in [5.41, 5.74) is 4.51. The zero-order valence-corrected chi connectivity index (χ0v) is 29.0. The van der Waals surface area contributed by atoms with Crippen molar-refractivity contribution < 1.29 is 28.7 Å². The van der Waals surface area contributed by atoms with Crippen molar-refractivity contribution in [2.45, 2.75) is 70.1 Å². The summed E-state index contributed by atoms with van der Waals surface area (Å²) in [6, 6.07) is 14.4. The number of rotatable bonds is 6. The summed E-state index contributed by atoms with van der Waals surface area (Å²) in [5.74, 6) is -2.56. The Morgan fingerprint density at radius 2 is 1.59 bits per heavy atom. The quantitative estimate of drug-likeness (QED) is 0.205. The first-order chi connectivity index (χ1) is 24.6. The molecule has 0 spiro atoms. The molecular formula is C38H43N7O6. The van der Waals surface area contributed by atoms with Crippen LogP contribution in [-0.4, -0.2) is 88.8 Å². The number of benzene rings is 2. The molecule has 1 fully saturated rings. The molecule has 2 aromatic carbocycles. The number of carbonyl (C=O) groups excluding carboxylic acids is 5. The van der Waals surface area contributed by atoms with E-state index in [1.807, 2.05) is 54.6 Å². The molecule has 1 aliphatic carbocycles. The van der Waals surface area contributed by atoms with E-state index in [4.69, 9.17) is 4.74 Å². The maximum absolute atomic E-state index is 14.3. The van der Waals surface area contributed by atoms with Crippen LogP contribution in [0, 0.1) is 0 Å². The molecule has 2 aromatic heterocycles. The molecule has 0 unspecified atom stereocenters. The second-order valence-electron chi connectivity index (χ2n) is 13.1. The molecule has 6 rings (SSSR count). The molecule has 0 bridgehead atoms. The van der Waals surface area contributed by atoms with E-state index in [9.17, 15) is 24.0 Å². The van der Waals surface area contributed by atoms with Crippen molar-refractivity contribution in [3.05, 3.63) is 94.8 Å². The molecule has 2 aliphatic rings. The van der Waals surface area contributed by atoms with Gasteiger partial charge in [0.05, 0.1) is 7.11 Å². The topological polar surface area (TPSA) is 175 Å². The highest BCUT2D eigenvalue weighted by Crippen LogP contribution is 2.28. The maximum Gasteiger partial charge on any atom is 0.260 e. The van der Waals surface area contributed by atoms with Crippen molar-refractivity contribution >= 4 is 40.4 Å². The number of hydrogen-bond acceptors (Lipinski definition) is 7. The monoisotopic (exact) mass is 693 g/mol. The number of aryl methyl sites for hydroxylation is 2. The predicted octanol–water partition coefficient (Wildman–Crippen LogP) is 1.98. The van der Waals surface area contributed by atoms with E-state index < -0.39 is 53.7 Å². The lowest BCUT2D eigenvalue weighted by Crippen LogP contribution is -2.57. The third-order valence-electron chi connectivity index (χ3n) is 9.60. The van der Waals surface area contributed by atoms with Crippen molar-refractivity contribution in [3.8, 4) is 5.88 Å². The number of aromatic nitrogens is 2. The lowest BCUT2D eigenvalue weighted by molar-refractivity contribution is -0.133. The van der Waals surface area contributed by atoms with Gasteiger partial charge in [-0.1, -0.05) is 48.5 Å². The van der Waals surface area contributed by atoms with Gasteiger partial charge in [0.15, 0.2) is 0 Å². The summed E-state index contributed by atoms with van der Waals surface area (Å²) in [4.78, 5) is 78.4. The number of para-hydroxylation sites is 1. The van der Waals surface area contributed by atoms with Crippen LogP contribution in [0.25, 0.3) is 10.9 Å². The Morgan fingerprint density at radius 1 is 0.863 bits per heavy atom. The molecule has 0 saturated carbocycles. The predicted molar refractivity (Wildman–Crippen MR) is 190 cm³/mol. The fourth-order valence-electron chi connectivity index (χ4n) is 6.71. The molecule has 1 aliphatic heterocycles. The maximum atomic E-state index is 14.3. The average molecular weight is 694 g/mol. The third kappa shape index (κ3) is 7.87. The highest BCUT2D eigenvalue weighted by molar-refractivity contribution is 6.01. The molecule has 3 heterocycles. The van der Waals surface area contributed by atoms with Crippen LogP contribution in [0.4, 0.5) is 0 Å². The highest BCUT2D eigenvalue weighted by Gasteiger charge is 2.34. The number of hydrogen-bond donors (Lipinski definition) is 5. The van der Waals surface area contributed by atoms with Crippen LogP contribution >= 0.6 is 0 Å². The van der Waals surface area contributed by atoms with Gasteiger partial charge in [0, 0.05) is 48.7 Å². The molecule has 13 nitrogen and oxygen atoms in total. The van der Waals surface area contributed by atoms with Crippen molar-refractivity contribution in [2.24, 2.45) is 0 Å². The Labute approximate surface area is 295 Å². The van der Waals surface area contributed by atoms with Crippen molar-refractivity contribution in [1.82, 2.24) is 36.1 Å². The van der Waals surface area contributed by atoms with E-state index in [0.29, 0.717) is 0 Å². The van der Waals surface area contributed by atoms with Crippen LogP contribution in [0.1, 0.15) is 53.0 Å². The molecule has 5 amide bonds. The molecule has 5 N–H and O–H groups in total. The van der Waals surface area contributed by atoms with Gasteiger partial charge in [0.25, 0.3) is 5.91 Å². The Morgan fingerprint density at radius 3 is 2.37 bits per heavy atom. The lowest BCUT2D eigenvalue weighted by atomic mass is 10.0. The van der Waals surface area contributed by atoms with E-state index in [1.54, 1.807) is 19.2 Å². The average Bonchev–Trinajstić information content (AvgIpc) is 3.78. The lowest BCUT2D eigenvalue weighted by Gasteiger charge is -2.30. The van der Waals surface area contributed by atoms with Crippen LogP contribution in [-0.2, 0) is 44.9 Å². The number of ether oxygens (including phenoxy) is 1. The molecule has 266 valence electrons. The molecule has 51 heavy (non-hydrogen) atoms. The van der Waals surface area contributed by atoms with Gasteiger partial charge < -0.3 is 35.9 Å². The van der Waals surface area contributed by atoms with E-state index >= 15 is 0 Å². The minimum Gasteiger partial charge on any atom is -0.480 e. The molecule has 4 atom stereocenters. The van der Waals surface area contributed by atoms with Crippen molar-refractivity contribution in [2.75, 3.05) is 20.2 Å². The summed E-state index contributed by atoms with van der Waals surface area (Å²) in [6.45, 7) is 3.03. The number of H-pyrrole nitrogens is 1. The molecular weight excluding hydrogens is 650 g/mol. The Kier molecular flexibility index (Phi) is 10.6. The molecule has 13 heteroatoms. The van der Waals surface area contributed by atoms with E-state index in [0.717, 1.165) is 52.5 Å². The summed E-state index contributed by atoms with van der Waals surface area (Å²) in [5, 5.41) is 12.1. The Hall–Kier alpha value is -5.72. The number of nitrogens with one attached hydrogen (secondary N) is 5. The Bertz CT molecular complexity index is 1940. The van der Waals surface area contributed by atoms with Crippen LogP contribution < -0.4 is 26.0 Å². The first-order valence-electron chi connectivity index (χ1n) is 17.3. The van der Waals surface area contributed by atoms with E-state index in [-0.39, 0.29) is 37.4 Å². The second-order valence-corrected chi connectivity index (χ2v) is 13.1. The normalized spacial score (nSPS) is 21.8. The SMILES string of the molecule is COc1nc2c(cc1C(=O)N1CCNC(=O)[C@H](Cc3ccccc3)NC(=O)[C@H](C)NC(=O)[C@@H](Cc3c[nH]c4ccccc34)NC(=O)[C@H]1C)CCC2. The van der Waals surface area contributed by atoms with E-state index in [2.05, 4.69) is 31.2 Å². The fourth-order valence-corrected chi connectivity index (χ4v) is 6.71. The zero-order valence-electron chi connectivity index (χ0n) is 29.0. The van der Waals surface area contributed by atoms with Crippen molar-refractivity contribution in [1.29, 1.82) is 0 Å². The number of nitrogens with zero attached hydrogens (tertiary/aromatic N) is 2. The fraction of sp³-hybridized carbons (Fsp3) is 0.368. The van der Waals surface area contributed by atoms with Gasteiger partial charge in [-0.2, -0.15) is 0 Å². The first-order valence-corrected chi connectivity index (χ1v) is 17.3. The van der Waals surface area contributed by atoms with Crippen LogP contribution in [0.15, 0.2) is 66.9 Å². The second kappa shape index (κ2) is 15.4. The first kappa shape index (κ1) is 35.1. The van der Waals surface area contributed by atoms with Crippen LogP contribution in [0.5, 0.6) is 5.88 Å². The summed E-state index contributed by atoms with van der Waals surface area (Å²) in [7, 11) is 1.44. The van der Waals surface area contributed by atoms with Gasteiger partial charge >= 0.3 is 0 Å². The summed E-state index contributed by atoms with van der Waals surface area (Å²) in [6.07, 6.45) is 4.56. The molecule has 1 saturated heterocycles. The highest BCUT2D eigenvalue weighted by atomic mass is 16.5. The van der Waals surface area contributed by atoms with E-state index in [1.165, 1.54) is 18.9 Å². The molecule has 0 radical (unpaired) electrons. The number of methoxy groups -OCH3 is 1. The van der Waals surface area contributed by atoms with Gasteiger partial charge in [-0.15, -0.1) is 0 Å². The zero-order chi connectivity index (χ0) is 36.1. The standard InChI is InChI=1S/C38H43N7O6/c1-22-33(46)42-31(18-24-10-5-4-6-11-24)35(48)39-16-17-45(38(50)28-19-25-12-9-15-29(25)44-37(28)51-3)23(2)34(47)43-32(36(49)41-22)20-26-21-40-30-14-8-7-13-27(26)30/h4-8,10-11,13-14,19,21-23,31-32,40H,9,12,15-18,20H2,1-3H3,(H,39,48)(H,41,49)(H,42,46)(H,43,47)/t22-,23+,31-,32+/m0/s1. The summed E-state index contributed by atoms with van der Waals surface area (Å²) >= 11 is 0. The number of amides is 5. The van der Waals surface area contributed by atoms with Gasteiger partial charge in [0.2, 0.25) is 29.5 Å². The number of aromatic amines is 1. The minimum absolute atomic E-state index is 0.0183. The summed E-state index contributed by atoms with van der Waals surface area (Å²) < 4.78 is 5.53. The van der Waals surface area contributed by atoms with Gasteiger partial charge in [0.1, 0.15) is 29.7 Å². The van der Waals surface area contributed by atoms with Crippen LogP contribution in [0.2, 0.25) is 0 Å². The number of pyridine rings is 1.